The van der Waals surface area contributed by atoms with E-state index in [0.717, 1.165) is 16.7 Å². The molecule has 1 heterocycles. The van der Waals surface area contributed by atoms with E-state index in [1.54, 1.807) is 0 Å². The zero-order valence-electron chi connectivity index (χ0n) is 18.0. The van der Waals surface area contributed by atoms with E-state index in [-0.39, 0.29) is 25.5 Å². The summed E-state index contributed by atoms with van der Waals surface area (Å²) in [4.78, 5) is 26.5. The first-order valence-corrected chi connectivity index (χ1v) is 10.7. The molecule has 1 saturated heterocycles. The zero-order valence-corrected chi connectivity index (χ0v) is 18.0. The van der Waals surface area contributed by atoms with Crippen LogP contribution in [-0.4, -0.2) is 47.4 Å². The van der Waals surface area contributed by atoms with Crippen molar-refractivity contribution in [2.75, 3.05) is 13.7 Å². The van der Waals surface area contributed by atoms with E-state index >= 15 is 0 Å². The molecule has 4 rings (SSSR count). The lowest BCUT2D eigenvalue weighted by atomic mass is 9.79. The van der Waals surface area contributed by atoms with Gasteiger partial charge in [-0.15, -0.1) is 0 Å². The standard InChI is InChI=1S/C26H27NO5/c1-31-24(28)23-16-26(30,18-27(23)25(29)32-17-19-8-4-2-5-9-19)22-14-12-21(13-15-22)20-10-6-3-7-11-20/h2-14,22-23,30H,15-18H2,1H3/t22?,23-,26-/m0/s1. The van der Waals surface area contributed by atoms with Crippen LogP contribution in [0.2, 0.25) is 0 Å². The third kappa shape index (κ3) is 4.60. The van der Waals surface area contributed by atoms with Crippen LogP contribution in [0, 0.1) is 5.92 Å². The number of amides is 1. The Labute approximate surface area is 187 Å². The number of aliphatic hydroxyl groups is 1. The van der Waals surface area contributed by atoms with Gasteiger partial charge in [-0.1, -0.05) is 78.9 Å². The maximum atomic E-state index is 12.8. The Morgan fingerprint density at radius 1 is 1.09 bits per heavy atom. The number of esters is 1. The first kappa shape index (κ1) is 21.8. The van der Waals surface area contributed by atoms with Crippen molar-refractivity contribution in [3.63, 3.8) is 0 Å². The van der Waals surface area contributed by atoms with Crippen LogP contribution in [0.5, 0.6) is 0 Å². The van der Waals surface area contributed by atoms with E-state index in [0.29, 0.717) is 6.42 Å². The molecule has 1 N–H and O–H groups in total. The number of methoxy groups -OCH3 is 1. The molecule has 0 radical (unpaired) electrons. The molecular formula is C26H27NO5. The van der Waals surface area contributed by atoms with Gasteiger partial charge in [0.05, 0.1) is 19.3 Å². The summed E-state index contributed by atoms with van der Waals surface area (Å²) < 4.78 is 10.3. The van der Waals surface area contributed by atoms with Gasteiger partial charge in [0, 0.05) is 12.3 Å². The van der Waals surface area contributed by atoms with E-state index in [4.69, 9.17) is 9.47 Å². The second-order valence-electron chi connectivity index (χ2n) is 8.24. The number of allylic oxidation sites excluding steroid dienone is 3. The molecule has 1 amide bonds. The number of carbonyl (C=O) groups is 2. The van der Waals surface area contributed by atoms with E-state index in [1.807, 2.05) is 72.8 Å². The van der Waals surface area contributed by atoms with E-state index in [1.165, 1.54) is 12.0 Å². The topological polar surface area (TPSA) is 76.1 Å². The maximum Gasteiger partial charge on any atom is 0.410 e. The predicted octanol–water partition coefficient (Wildman–Crippen LogP) is 3.96. The number of rotatable bonds is 5. The van der Waals surface area contributed by atoms with Gasteiger partial charge in [0.15, 0.2) is 0 Å². The van der Waals surface area contributed by atoms with E-state index in [2.05, 4.69) is 6.08 Å². The quantitative estimate of drug-likeness (QED) is 0.723. The van der Waals surface area contributed by atoms with Gasteiger partial charge in [0.25, 0.3) is 0 Å². The molecule has 32 heavy (non-hydrogen) atoms. The summed E-state index contributed by atoms with van der Waals surface area (Å²) in [6.07, 6.45) is 6.12. The summed E-state index contributed by atoms with van der Waals surface area (Å²) in [6, 6.07) is 18.5. The first-order valence-electron chi connectivity index (χ1n) is 10.7. The molecule has 0 aromatic heterocycles. The van der Waals surface area contributed by atoms with Gasteiger partial charge in [-0.05, 0) is 23.1 Å². The molecule has 0 saturated carbocycles. The smallest absolute Gasteiger partial charge is 0.410 e. The Morgan fingerprint density at radius 2 is 1.78 bits per heavy atom. The normalized spacial score (nSPS) is 24.7. The summed E-state index contributed by atoms with van der Waals surface area (Å²) in [7, 11) is 1.28. The van der Waals surface area contributed by atoms with Crippen LogP contribution in [0.1, 0.15) is 24.0 Å². The van der Waals surface area contributed by atoms with Gasteiger partial charge in [0.2, 0.25) is 0 Å². The van der Waals surface area contributed by atoms with Crippen LogP contribution in [0.3, 0.4) is 0 Å². The molecule has 166 valence electrons. The van der Waals surface area contributed by atoms with Gasteiger partial charge in [-0.2, -0.15) is 0 Å². The van der Waals surface area contributed by atoms with Crippen molar-refractivity contribution < 1.29 is 24.2 Å². The highest BCUT2D eigenvalue weighted by atomic mass is 16.6. The molecule has 2 aromatic carbocycles. The molecule has 2 aromatic rings. The van der Waals surface area contributed by atoms with Crippen molar-refractivity contribution in [3.8, 4) is 0 Å². The second-order valence-corrected chi connectivity index (χ2v) is 8.24. The average molecular weight is 434 g/mol. The Hall–Kier alpha value is -3.38. The molecule has 1 aliphatic carbocycles. The molecule has 1 fully saturated rings. The number of likely N-dealkylation sites (tertiary alicyclic amines) is 1. The third-order valence-corrected chi connectivity index (χ3v) is 6.18. The van der Waals surface area contributed by atoms with Crippen LogP contribution < -0.4 is 0 Å². The largest absolute Gasteiger partial charge is 0.467 e. The van der Waals surface area contributed by atoms with Gasteiger partial charge >= 0.3 is 12.1 Å². The Morgan fingerprint density at radius 3 is 2.41 bits per heavy atom. The maximum absolute atomic E-state index is 12.8. The fourth-order valence-corrected chi connectivity index (χ4v) is 4.39. The molecule has 0 bridgehead atoms. The minimum absolute atomic E-state index is 0.00388. The molecule has 1 unspecified atom stereocenters. The van der Waals surface area contributed by atoms with Crippen molar-refractivity contribution in [3.05, 3.63) is 90.0 Å². The molecule has 6 nitrogen and oxygen atoms in total. The summed E-state index contributed by atoms with van der Waals surface area (Å²) in [5, 5.41) is 11.5. The fourth-order valence-electron chi connectivity index (χ4n) is 4.39. The molecule has 0 spiro atoms. The minimum atomic E-state index is -1.25. The zero-order chi connectivity index (χ0) is 22.6. The van der Waals surface area contributed by atoms with Crippen LogP contribution in [0.25, 0.3) is 5.57 Å². The summed E-state index contributed by atoms with van der Waals surface area (Å²) >= 11 is 0. The fraction of sp³-hybridized carbons (Fsp3) is 0.308. The van der Waals surface area contributed by atoms with Gasteiger partial charge in [0.1, 0.15) is 12.6 Å². The first-order chi connectivity index (χ1) is 15.5. The number of ether oxygens (including phenoxy) is 2. The van der Waals surface area contributed by atoms with Crippen molar-refractivity contribution in [1.82, 2.24) is 4.90 Å². The Kier molecular flexibility index (Phi) is 6.42. The number of benzene rings is 2. The number of hydrogen-bond acceptors (Lipinski definition) is 5. The second kappa shape index (κ2) is 9.40. The monoisotopic (exact) mass is 433 g/mol. The lowest BCUT2D eigenvalue weighted by Crippen LogP contribution is -2.43. The molecule has 6 heteroatoms. The molecular weight excluding hydrogens is 406 g/mol. The van der Waals surface area contributed by atoms with Crippen LogP contribution >= 0.6 is 0 Å². The molecule has 1 aliphatic heterocycles. The van der Waals surface area contributed by atoms with Crippen molar-refractivity contribution in [1.29, 1.82) is 0 Å². The highest BCUT2D eigenvalue weighted by Crippen LogP contribution is 2.39. The van der Waals surface area contributed by atoms with Crippen molar-refractivity contribution in [2.24, 2.45) is 5.92 Å². The summed E-state index contributed by atoms with van der Waals surface area (Å²) in [5.41, 5.74) is 1.80. The SMILES string of the molecule is COC(=O)[C@@H]1C[C@@](O)(C2C=CC(c3ccccc3)=CC2)CN1C(=O)OCc1ccccc1. The van der Waals surface area contributed by atoms with Crippen LogP contribution in [-0.2, 0) is 20.9 Å². The van der Waals surface area contributed by atoms with Gasteiger partial charge in [-0.3, -0.25) is 4.90 Å². The Balaban J connectivity index is 1.46. The minimum Gasteiger partial charge on any atom is -0.467 e. The Bertz CT molecular complexity index is 1020. The van der Waals surface area contributed by atoms with Crippen LogP contribution in [0.4, 0.5) is 4.79 Å². The highest BCUT2D eigenvalue weighted by molar-refractivity contribution is 5.82. The summed E-state index contributed by atoms with van der Waals surface area (Å²) in [5.74, 6) is -0.785. The number of hydrogen-bond donors (Lipinski definition) is 1. The third-order valence-electron chi connectivity index (χ3n) is 6.18. The number of nitrogens with zero attached hydrogens (tertiary/aromatic N) is 1. The number of carbonyl (C=O) groups excluding carboxylic acids is 2. The van der Waals surface area contributed by atoms with Gasteiger partial charge in [-0.25, -0.2) is 9.59 Å². The summed E-state index contributed by atoms with van der Waals surface area (Å²) in [6.45, 7) is 0.0961. The average Bonchev–Trinajstić information content (AvgIpc) is 3.22. The lowest BCUT2D eigenvalue weighted by molar-refractivity contribution is -0.145. The lowest BCUT2D eigenvalue weighted by Gasteiger charge is -2.31. The van der Waals surface area contributed by atoms with Crippen molar-refractivity contribution >= 4 is 17.6 Å². The molecule has 2 aliphatic rings. The van der Waals surface area contributed by atoms with Gasteiger partial charge < -0.3 is 14.6 Å². The molecule has 3 atom stereocenters. The van der Waals surface area contributed by atoms with Crippen molar-refractivity contribution in [2.45, 2.75) is 31.1 Å². The van der Waals surface area contributed by atoms with Crippen LogP contribution in [0.15, 0.2) is 78.9 Å². The van der Waals surface area contributed by atoms with E-state index in [9.17, 15) is 14.7 Å². The number of β-amino-alcohol motifs (C(OH)–C–C–N with tert-alkyl or cyclic N) is 1. The highest BCUT2D eigenvalue weighted by Gasteiger charge is 2.52. The van der Waals surface area contributed by atoms with E-state index < -0.39 is 23.7 Å². The predicted molar refractivity (Wildman–Crippen MR) is 120 cm³/mol.